The maximum absolute atomic E-state index is 11.9. The van der Waals surface area contributed by atoms with Gasteiger partial charge in [0, 0.05) is 0 Å². The molecular weight excluding hydrogens is 669 g/mol. The number of rotatable bonds is 9. The summed E-state index contributed by atoms with van der Waals surface area (Å²) >= 11 is 0. The predicted octanol–water partition coefficient (Wildman–Crippen LogP) is -5.74. The molecular formula is C26H41Na3O12S3. The van der Waals surface area contributed by atoms with Gasteiger partial charge in [-0.15, -0.1) is 0 Å². The minimum Gasteiger partial charge on any atom is -0.726 e. The fourth-order valence-electron chi connectivity index (χ4n) is 9.45. The van der Waals surface area contributed by atoms with E-state index in [0.717, 1.165) is 25.7 Å². The van der Waals surface area contributed by atoms with Crippen LogP contribution in [0.25, 0.3) is 0 Å². The minimum absolute atomic E-state index is 0. The molecule has 4 aliphatic rings. The van der Waals surface area contributed by atoms with Crippen molar-refractivity contribution in [3.8, 4) is 0 Å². The van der Waals surface area contributed by atoms with Crippen LogP contribution in [-0.2, 0) is 43.7 Å². The molecule has 0 heterocycles. The molecule has 44 heavy (non-hydrogen) atoms. The third-order valence-electron chi connectivity index (χ3n) is 10.9. The van der Waals surface area contributed by atoms with E-state index in [1.807, 2.05) is 6.92 Å². The molecule has 4 fully saturated rings. The SMILES string of the molecule is CC(C)/C=C/[C@@H](C)[C@H]1CC[C@H]2[C@@H]3C[C@H](OS(=O)(=O)[O-])[C@H]4C[C@H](OS(=O)(=O)[O-])[C@@H](OS(=O)(=O)[O-])C[C@]4(C)[C@H]3CC[C@]12C.[Na+].[Na+].[Na+]. The monoisotopic (exact) mass is 710 g/mol. The fraction of sp³-hybridized carbons (Fsp3) is 0.923. The molecule has 4 rings (SSSR count). The summed E-state index contributed by atoms with van der Waals surface area (Å²) in [6.07, 6.45) is 3.24. The van der Waals surface area contributed by atoms with Gasteiger partial charge in [0.25, 0.3) is 0 Å². The number of fused-ring (bicyclic) bond motifs is 5. The first kappa shape index (κ1) is 44.4. The molecule has 0 aromatic heterocycles. The molecule has 0 aromatic carbocycles. The third-order valence-corrected chi connectivity index (χ3v) is 12.3. The van der Waals surface area contributed by atoms with Crippen molar-refractivity contribution < 1.29 is 140 Å². The minimum atomic E-state index is -5.34. The first-order valence-corrected chi connectivity index (χ1v) is 18.2. The summed E-state index contributed by atoms with van der Waals surface area (Å²) in [7, 11) is -15.8. The fourth-order valence-corrected chi connectivity index (χ4v) is 11.0. The Morgan fingerprint density at radius 1 is 0.659 bits per heavy atom. The second kappa shape index (κ2) is 16.1. The maximum atomic E-state index is 11.9. The van der Waals surface area contributed by atoms with Crippen molar-refractivity contribution in [1.82, 2.24) is 0 Å². The van der Waals surface area contributed by atoms with Crippen LogP contribution in [0.1, 0.15) is 79.6 Å². The summed E-state index contributed by atoms with van der Waals surface area (Å²) in [6.45, 7) is 10.6. The zero-order valence-corrected chi connectivity index (χ0v) is 35.5. The van der Waals surface area contributed by atoms with E-state index in [9.17, 15) is 38.9 Å². The predicted molar refractivity (Wildman–Crippen MR) is 143 cm³/mol. The molecule has 0 radical (unpaired) electrons. The smallest absolute Gasteiger partial charge is 0.726 e. The van der Waals surface area contributed by atoms with Crippen LogP contribution in [0, 0.1) is 52.3 Å². The summed E-state index contributed by atoms with van der Waals surface area (Å²) in [5, 5.41) is 0. The van der Waals surface area contributed by atoms with Crippen LogP contribution in [0.3, 0.4) is 0 Å². The van der Waals surface area contributed by atoms with E-state index in [1.54, 1.807) is 0 Å². The molecule has 0 spiro atoms. The Morgan fingerprint density at radius 2 is 1.16 bits per heavy atom. The summed E-state index contributed by atoms with van der Waals surface area (Å²) in [6, 6.07) is 0. The Hall–Kier alpha value is 2.35. The van der Waals surface area contributed by atoms with Crippen molar-refractivity contribution in [2.24, 2.45) is 52.3 Å². The van der Waals surface area contributed by atoms with Gasteiger partial charge in [-0.05, 0) is 97.2 Å². The summed E-state index contributed by atoms with van der Waals surface area (Å²) < 4.78 is 119. The Morgan fingerprint density at radius 3 is 1.68 bits per heavy atom. The van der Waals surface area contributed by atoms with Crippen LogP contribution in [0.2, 0.25) is 0 Å². The molecule has 0 aromatic rings. The van der Waals surface area contributed by atoms with Crippen molar-refractivity contribution in [2.45, 2.75) is 97.9 Å². The van der Waals surface area contributed by atoms with Crippen molar-refractivity contribution in [2.75, 3.05) is 0 Å². The van der Waals surface area contributed by atoms with Gasteiger partial charge >= 0.3 is 88.7 Å². The topological polar surface area (TPSA) is 199 Å². The molecule has 4 aliphatic carbocycles. The quantitative estimate of drug-likeness (QED) is 0.0953. The van der Waals surface area contributed by atoms with Gasteiger partial charge in [-0.25, -0.2) is 25.3 Å². The van der Waals surface area contributed by atoms with Gasteiger partial charge < -0.3 is 13.7 Å². The number of allylic oxidation sites excluding steroid dienone is 2. The second-order valence-corrected chi connectivity index (χ2v) is 16.5. The zero-order chi connectivity index (χ0) is 30.8. The van der Waals surface area contributed by atoms with Crippen LogP contribution in [0.5, 0.6) is 0 Å². The molecule has 18 heteroatoms. The Kier molecular flexibility index (Phi) is 16.3. The Labute approximate surface area is 329 Å². The molecule has 4 saturated carbocycles. The second-order valence-electron chi connectivity index (χ2n) is 13.5. The largest absolute Gasteiger partial charge is 1.00 e. The van der Waals surface area contributed by atoms with Gasteiger partial charge in [0.2, 0.25) is 31.2 Å². The first-order chi connectivity index (χ1) is 18.6. The standard InChI is InChI=1S/C26H44O12S3.3Na/c1-15(2)6-7-16(3)18-8-9-19-17-12-22(36-39(27,28)29)21-13-23(37-40(30,31)32)24(38-41(33,34)35)14-26(21,5)20(17)10-11-25(18,19)4;;;/h6-7,15-24H,8-14H2,1-5H3,(H,27,28,29)(H,30,31,32)(H,33,34,35);;;/q;3*+1/p-3/b7-6+;;;/t16-,17+,18-,19+,20+,21-,22+,23+,24+,25-,26-;;;/m1.../s1. The van der Waals surface area contributed by atoms with Gasteiger partial charge in [0.15, 0.2) is 0 Å². The van der Waals surface area contributed by atoms with E-state index in [4.69, 9.17) is 8.37 Å². The average molecular weight is 711 g/mol. The summed E-state index contributed by atoms with van der Waals surface area (Å²) in [5.74, 6) is 0.393. The van der Waals surface area contributed by atoms with Crippen molar-refractivity contribution in [1.29, 1.82) is 0 Å². The van der Waals surface area contributed by atoms with Crippen LogP contribution in [-0.4, -0.2) is 57.2 Å². The Balaban J connectivity index is 0.00000323. The molecule has 0 saturated heterocycles. The summed E-state index contributed by atoms with van der Waals surface area (Å²) in [5.41, 5.74) is -0.958. The number of hydrogen-bond acceptors (Lipinski definition) is 12. The van der Waals surface area contributed by atoms with E-state index in [1.165, 1.54) is 0 Å². The average Bonchev–Trinajstić information content (AvgIpc) is 3.13. The molecule has 11 atom stereocenters. The maximum Gasteiger partial charge on any atom is 1.00 e. The van der Waals surface area contributed by atoms with Crippen LogP contribution < -0.4 is 88.7 Å². The van der Waals surface area contributed by atoms with Gasteiger partial charge in [0.05, 0.1) is 6.10 Å². The van der Waals surface area contributed by atoms with Gasteiger partial charge in [-0.3, -0.25) is 12.5 Å². The Bertz CT molecular complexity index is 1340. The first-order valence-electron chi connectivity index (χ1n) is 14.2. The zero-order valence-electron chi connectivity index (χ0n) is 27.0. The van der Waals surface area contributed by atoms with E-state index < -0.39 is 60.8 Å². The normalized spacial score (nSPS) is 39.7. The van der Waals surface area contributed by atoms with E-state index in [2.05, 4.69) is 44.0 Å². The van der Waals surface area contributed by atoms with Crippen LogP contribution >= 0.6 is 0 Å². The van der Waals surface area contributed by atoms with Crippen LogP contribution in [0.15, 0.2) is 12.2 Å². The van der Waals surface area contributed by atoms with Crippen molar-refractivity contribution in [3.05, 3.63) is 12.2 Å². The van der Waals surface area contributed by atoms with Crippen molar-refractivity contribution in [3.63, 3.8) is 0 Å². The molecule has 0 unspecified atom stereocenters. The molecule has 0 amide bonds. The van der Waals surface area contributed by atoms with Gasteiger partial charge in [-0.2, -0.15) is 0 Å². The molecule has 0 aliphatic heterocycles. The number of hydrogen-bond donors (Lipinski definition) is 0. The molecule has 0 N–H and O–H groups in total. The van der Waals surface area contributed by atoms with Crippen LogP contribution in [0.4, 0.5) is 0 Å². The van der Waals surface area contributed by atoms with Gasteiger partial charge in [0.1, 0.15) is 12.2 Å². The molecule has 238 valence electrons. The van der Waals surface area contributed by atoms with Crippen molar-refractivity contribution >= 4 is 31.2 Å². The van der Waals surface area contributed by atoms with Gasteiger partial charge in [-0.1, -0.05) is 46.8 Å². The molecule has 0 bridgehead atoms. The van der Waals surface area contributed by atoms with E-state index in [0.29, 0.717) is 17.8 Å². The van der Waals surface area contributed by atoms with E-state index in [-0.39, 0.29) is 131 Å². The molecule has 12 nitrogen and oxygen atoms in total. The van der Waals surface area contributed by atoms with E-state index >= 15 is 0 Å². The third kappa shape index (κ3) is 10.2. The summed E-state index contributed by atoms with van der Waals surface area (Å²) in [4.78, 5) is 0.